The molecule has 2 nitrogen and oxygen atoms in total. The van der Waals surface area contributed by atoms with Crippen LogP contribution in [0, 0.1) is 5.82 Å². The van der Waals surface area contributed by atoms with Crippen molar-refractivity contribution in [3.8, 4) is 0 Å². The van der Waals surface area contributed by atoms with Gasteiger partial charge in [-0.25, -0.2) is 4.39 Å². The summed E-state index contributed by atoms with van der Waals surface area (Å²) in [5, 5.41) is 0.685. The van der Waals surface area contributed by atoms with Crippen LogP contribution in [0.15, 0.2) is 42.5 Å². The highest BCUT2D eigenvalue weighted by Crippen LogP contribution is 2.31. The Morgan fingerprint density at radius 1 is 1.14 bits per heavy atom. The van der Waals surface area contributed by atoms with Crippen LogP contribution in [0.4, 0.5) is 10.1 Å². The van der Waals surface area contributed by atoms with Crippen molar-refractivity contribution in [2.75, 3.05) is 11.9 Å². The Morgan fingerprint density at radius 3 is 2.38 bits per heavy atom. The molecule has 4 heteroatoms. The van der Waals surface area contributed by atoms with Crippen molar-refractivity contribution in [3.63, 3.8) is 0 Å². The van der Waals surface area contributed by atoms with Crippen molar-refractivity contribution < 1.29 is 4.39 Å². The van der Waals surface area contributed by atoms with Gasteiger partial charge in [0, 0.05) is 18.1 Å². The molecule has 21 heavy (non-hydrogen) atoms. The van der Waals surface area contributed by atoms with Crippen LogP contribution in [-0.2, 0) is 0 Å². The molecule has 2 aromatic carbocycles. The summed E-state index contributed by atoms with van der Waals surface area (Å²) in [5.74, 6) is -0.272. The first-order chi connectivity index (χ1) is 9.91. The van der Waals surface area contributed by atoms with Gasteiger partial charge in [-0.05, 0) is 43.2 Å². The fraction of sp³-hybridized carbons (Fsp3) is 0.294. The van der Waals surface area contributed by atoms with Crippen molar-refractivity contribution in [2.24, 2.45) is 5.73 Å². The lowest BCUT2D eigenvalue weighted by Crippen LogP contribution is -2.23. The zero-order valence-electron chi connectivity index (χ0n) is 12.5. The zero-order chi connectivity index (χ0) is 15.6. The van der Waals surface area contributed by atoms with Gasteiger partial charge in [-0.15, -0.1) is 0 Å². The fourth-order valence-electron chi connectivity index (χ4n) is 2.32. The van der Waals surface area contributed by atoms with E-state index in [2.05, 4.69) is 0 Å². The van der Waals surface area contributed by atoms with Gasteiger partial charge >= 0.3 is 0 Å². The normalized spacial score (nSPS) is 13.8. The molecule has 2 N–H and O–H groups in total. The third kappa shape index (κ3) is 3.36. The summed E-state index contributed by atoms with van der Waals surface area (Å²) >= 11 is 6.22. The van der Waals surface area contributed by atoms with Crippen molar-refractivity contribution in [2.45, 2.75) is 25.9 Å². The molecule has 2 rings (SSSR count). The van der Waals surface area contributed by atoms with Crippen LogP contribution in [0.1, 0.15) is 37.1 Å². The molecule has 2 atom stereocenters. The number of nitrogens with zero attached hydrogens (tertiary/aromatic N) is 1. The van der Waals surface area contributed by atoms with E-state index in [1.54, 1.807) is 6.07 Å². The van der Waals surface area contributed by atoms with E-state index in [9.17, 15) is 4.39 Å². The molecule has 0 saturated heterocycles. The van der Waals surface area contributed by atoms with Crippen LogP contribution in [0.2, 0.25) is 5.02 Å². The highest BCUT2D eigenvalue weighted by Gasteiger charge is 2.18. The molecule has 0 heterocycles. The van der Waals surface area contributed by atoms with E-state index in [1.807, 2.05) is 56.1 Å². The topological polar surface area (TPSA) is 29.3 Å². The maximum absolute atomic E-state index is 14.3. The van der Waals surface area contributed by atoms with Crippen LogP contribution < -0.4 is 10.6 Å². The predicted octanol–water partition coefficient (Wildman–Crippen LogP) is 4.70. The van der Waals surface area contributed by atoms with Crippen molar-refractivity contribution in [3.05, 3.63) is 64.4 Å². The average Bonchev–Trinajstić information content (AvgIpc) is 2.46. The number of nitrogens with two attached hydrogens (primary N) is 1. The van der Waals surface area contributed by atoms with Crippen LogP contribution >= 0.6 is 11.6 Å². The second-order valence-corrected chi connectivity index (χ2v) is 5.72. The van der Waals surface area contributed by atoms with Gasteiger partial charge in [0.25, 0.3) is 0 Å². The largest absolute Gasteiger partial charge is 0.365 e. The van der Waals surface area contributed by atoms with Gasteiger partial charge in [-0.1, -0.05) is 35.9 Å². The van der Waals surface area contributed by atoms with E-state index >= 15 is 0 Å². The second kappa shape index (κ2) is 6.46. The van der Waals surface area contributed by atoms with Crippen LogP contribution in [-0.4, -0.2) is 7.05 Å². The Balaban J connectivity index is 2.32. The van der Waals surface area contributed by atoms with Crippen LogP contribution in [0.5, 0.6) is 0 Å². The lowest BCUT2D eigenvalue weighted by molar-refractivity contribution is 0.607. The van der Waals surface area contributed by atoms with Crippen LogP contribution in [0.3, 0.4) is 0 Å². The van der Waals surface area contributed by atoms with E-state index < -0.39 is 0 Å². The van der Waals surface area contributed by atoms with Gasteiger partial charge < -0.3 is 10.6 Å². The molecule has 0 aliphatic carbocycles. The molecule has 0 spiro atoms. The minimum absolute atomic E-state index is 0.0330. The molecule has 0 aliphatic heterocycles. The van der Waals surface area contributed by atoms with E-state index in [-0.39, 0.29) is 17.9 Å². The lowest BCUT2D eigenvalue weighted by Gasteiger charge is -2.28. The molecule has 112 valence electrons. The molecule has 0 aliphatic rings. The first-order valence-corrected chi connectivity index (χ1v) is 7.32. The molecule has 0 aromatic heterocycles. The van der Waals surface area contributed by atoms with Gasteiger partial charge in [0.1, 0.15) is 5.82 Å². The Morgan fingerprint density at radius 2 is 1.81 bits per heavy atom. The number of hydrogen-bond donors (Lipinski definition) is 1. The van der Waals surface area contributed by atoms with Crippen molar-refractivity contribution in [1.82, 2.24) is 0 Å². The Bertz CT molecular complexity index is 628. The summed E-state index contributed by atoms with van der Waals surface area (Å²) in [7, 11) is 1.86. The first kappa shape index (κ1) is 15.8. The SMILES string of the molecule is CC(c1ccccc1Cl)N(C)c1ccc([C@@H](C)N)cc1F. The summed E-state index contributed by atoms with van der Waals surface area (Å²) in [6, 6.07) is 12.5. The standard InChI is InChI=1S/C17H20ClFN2/c1-11(20)13-8-9-17(16(19)10-13)21(3)12(2)14-6-4-5-7-15(14)18/h4-12H,20H2,1-3H3/t11-,12?/m1/s1. The van der Waals surface area contributed by atoms with Crippen LogP contribution in [0.25, 0.3) is 0 Å². The predicted molar refractivity (Wildman–Crippen MR) is 87.3 cm³/mol. The van der Waals surface area contributed by atoms with Gasteiger partial charge in [0.2, 0.25) is 0 Å². The van der Waals surface area contributed by atoms with E-state index in [0.717, 1.165) is 11.1 Å². The Hall–Kier alpha value is -1.58. The third-order valence-electron chi connectivity index (χ3n) is 3.81. The average molecular weight is 307 g/mol. The van der Waals surface area contributed by atoms with Gasteiger partial charge in [0.15, 0.2) is 0 Å². The maximum atomic E-state index is 14.3. The number of hydrogen-bond acceptors (Lipinski definition) is 2. The van der Waals surface area contributed by atoms with Crippen molar-refractivity contribution in [1.29, 1.82) is 0 Å². The third-order valence-corrected chi connectivity index (χ3v) is 4.16. The second-order valence-electron chi connectivity index (χ2n) is 5.31. The van der Waals surface area contributed by atoms with E-state index in [1.165, 1.54) is 6.07 Å². The Labute approximate surface area is 130 Å². The minimum atomic E-state index is -0.272. The summed E-state index contributed by atoms with van der Waals surface area (Å²) < 4.78 is 14.3. The molecule has 0 bridgehead atoms. The first-order valence-electron chi connectivity index (χ1n) is 6.94. The summed E-state index contributed by atoms with van der Waals surface area (Å²) in [4.78, 5) is 1.88. The van der Waals surface area contributed by atoms with Gasteiger partial charge in [-0.2, -0.15) is 0 Å². The summed E-state index contributed by atoms with van der Waals surface area (Å²) in [5.41, 5.74) is 8.07. The molecule has 2 aromatic rings. The highest BCUT2D eigenvalue weighted by atomic mass is 35.5. The minimum Gasteiger partial charge on any atom is -0.365 e. The summed E-state index contributed by atoms with van der Waals surface area (Å²) in [6.45, 7) is 3.84. The molecule has 0 radical (unpaired) electrons. The molecule has 0 amide bonds. The maximum Gasteiger partial charge on any atom is 0.146 e. The Kier molecular flexibility index (Phi) is 4.86. The monoisotopic (exact) mass is 306 g/mol. The number of halogens is 2. The van der Waals surface area contributed by atoms with E-state index in [4.69, 9.17) is 17.3 Å². The number of rotatable bonds is 4. The number of benzene rings is 2. The number of anilines is 1. The fourth-order valence-corrected chi connectivity index (χ4v) is 2.62. The van der Waals surface area contributed by atoms with Gasteiger partial charge in [0.05, 0.1) is 11.7 Å². The molecular formula is C17H20ClFN2. The highest BCUT2D eigenvalue weighted by molar-refractivity contribution is 6.31. The molecule has 1 unspecified atom stereocenters. The van der Waals surface area contributed by atoms with Crippen molar-refractivity contribution >= 4 is 17.3 Å². The molecular weight excluding hydrogens is 287 g/mol. The van der Waals surface area contributed by atoms with Gasteiger partial charge in [-0.3, -0.25) is 0 Å². The summed E-state index contributed by atoms with van der Waals surface area (Å²) in [6.07, 6.45) is 0. The van der Waals surface area contributed by atoms with E-state index in [0.29, 0.717) is 10.7 Å². The lowest BCUT2D eigenvalue weighted by atomic mass is 10.0. The smallest absolute Gasteiger partial charge is 0.146 e. The zero-order valence-corrected chi connectivity index (χ0v) is 13.2. The quantitative estimate of drug-likeness (QED) is 0.887. The molecule has 0 fully saturated rings. The molecule has 0 saturated carbocycles.